The summed E-state index contributed by atoms with van der Waals surface area (Å²) in [5.41, 5.74) is 1.04. The van der Waals surface area contributed by atoms with Crippen molar-refractivity contribution in [1.82, 2.24) is 9.78 Å². The molecule has 2 N–H and O–H groups in total. The molecule has 1 unspecified atom stereocenters. The van der Waals surface area contributed by atoms with Crippen LogP contribution in [-0.4, -0.2) is 21.4 Å². The molecule has 0 aliphatic carbocycles. The van der Waals surface area contributed by atoms with Crippen molar-refractivity contribution in [3.8, 4) is 5.69 Å². The predicted octanol–water partition coefficient (Wildman–Crippen LogP) is 4.34. The lowest BCUT2D eigenvalue weighted by Gasteiger charge is -2.15. The maximum Gasteiger partial charge on any atom is 0.292 e. The number of nitrogens with one attached hydrogen (secondary N) is 1. The van der Waals surface area contributed by atoms with Crippen LogP contribution in [0.25, 0.3) is 5.69 Å². The third-order valence-corrected chi connectivity index (χ3v) is 4.48. The van der Waals surface area contributed by atoms with Crippen LogP contribution in [-0.2, 0) is 0 Å². The molecular weight excluding hydrogens is 397 g/mol. The summed E-state index contributed by atoms with van der Waals surface area (Å²) in [6, 6.07) is 13.8. The molecule has 0 amide bonds. The van der Waals surface area contributed by atoms with E-state index in [0.29, 0.717) is 27.0 Å². The fourth-order valence-corrected chi connectivity index (χ4v) is 3.14. The van der Waals surface area contributed by atoms with Crippen molar-refractivity contribution in [2.24, 2.45) is 0 Å². The zero-order chi connectivity index (χ0) is 18.7. The summed E-state index contributed by atoms with van der Waals surface area (Å²) in [7, 11) is 0. The third kappa shape index (κ3) is 4.19. The molecule has 0 saturated carbocycles. The monoisotopic (exact) mass is 409 g/mol. The van der Waals surface area contributed by atoms with Gasteiger partial charge in [-0.15, -0.1) is 0 Å². The number of rotatable bonds is 5. The number of halogens is 3. The van der Waals surface area contributed by atoms with E-state index in [1.807, 2.05) is 6.07 Å². The zero-order valence-corrected chi connectivity index (χ0v) is 15.6. The first kappa shape index (κ1) is 18.7. The molecule has 26 heavy (non-hydrogen) atoms. The minimum atomic E-state index is -0.890. The van der Waals surface area contributed by atoms with Gasteiger partial charge in [-0.25, -0.2) is 0 Å². The molecule has 3 aromatic rings. The first-order valence-electron chi connectivity index (χ1n) is 7.67. The lowest BCUT2D eigenvalue weighted by Crippen LogP contribution is -2.23. The standard InChI is InChI=1S/C18H14Cl3N3O2/c19-12-6-11(7-13(20)8-12)16(25)10-22-15-9-23-24(18(26)17(15)21)14-4-2-1-3-5-14/h1-9,16,22,25H,10H2. The van der Waals surface area contributed by atoms with Crippen LogP contribution in [0.4, 0.5) is 5.69 Å². The Kier molecular flexibility index (Phi) is 5.84. The lowest BCUT2D eigenvalue weighted by atomic mass is 10.1. The maximum atomic E-state index is 12.4. The molecule has 2 aromatic carbocycles. The summed E-state index contributed by atoms with van der Waals surface area (Å²) in [6.07, 6.45) is 0.549. The summed E-state index contributed by atoms with van der Waals surface area (Å²) in [5, 5.41) is 18.2. The van der Waals surface area contributed by atoms with Gasteiger partial charge in [0.05, 0.1) is 23.7 Å². The van der Waals surface area contributed by atoms with Gasteiger partial charge in [0, 0.05) is 16.6 Å². The number of aromatic nitrogens is 2. The zero-order valence-electron chi connectivity index (χ0n) is 13.4. The Labute approximate surface area is 164 Å². The highest BCUT2D eigenvalue weighted by atomic mass is 35.5. The van der Waals surface area contributed by atoms with Crippen LogP contribution in [0.1, 0.15) is 11.7 Å². The predicted molar refractivity (Wildman–Crippen MR) is 105 cm³/mol. The third-order valence-electron chi connectivity index (χ3n) is 3.68. The molecule has 3 rings (SSSR count). The number of nitrogens with zero attached hydrogens (tertiary/aromatic N) is 2. The number of aliphatic hydroxyl groups is 1. The van der Waals surface area contributed by atoms with Gasteiger partial charge in [-0.1, -0.05) is 53.0 Å². The van der Waals surface area contributed by atoms with Gasteiger partial charge in [0.25, 0.3) is 5.56 Å². The second kappa shape index (κ2) is 8.10. The lowest BCUT2D eigenvalue weighted by molar-refractivity contribution is 0.191. The van der Waals surface area contributed by atoms with Gasteiger partial charge < -0.3 is 10.4 Å². The molecule has 0 bridgehead atoms. The van der Waals surface area contributed by atoms with E-state index in [1.165, 1.54) is 10.9 Å². The Morgan fingerprint density at radius 3 is 2.38 bits per heavy atom. The highest BCUT2D eigenvalue weighted by Crippen LogP contribution is 2.24. The SMILES string of the molecule is O=c1c(Cl)c(NCC(O)c2cc(Cl)cc(Cl)c2)cnn1-c1ccccc1. The quantitative estimate of drug-likeness (QED) is 0.657. The normalized spacial score (nSPS) is 12.0. The first-order valence-corrected chi connectivity index (χ1v) is 8.80. The van der Waals surface area contributed by atoms with E-state index in [0.717, 1.165) is 0 Å². The smallest absolute Gasteiger partial charge is 0.292 e. The summed E-state index contributed by atoms with van der Waals surface area (Å²) < 4.78 is 1.21. The molecule has 0 saturated heterocycles. The second-order valence-electron chi connectivity index (χ2n) is 5.52. The Balaban J connectivity index is 1.78. The molecule has 0 spiro atoms. The van der Waals surface area contributed by atoms with Crippen molar-refractivity contribution >= 4 is 40.5 Å². The topological polar surface area (TPSA) is 67.2 Å². The van der Waals surface area contributed by atoms with E-state index < -0.39 is 11.7 Å². The fourth-order valence-electron chi connectivity index (χ4n) is 2.40. The average Bonchev–Trinajstić information content (AvgIpc) is 2.62. The molecule has 0 radical (unpaired) electrons. The van der Waals surface area contributed by atoms with Crippen molar-refractivity contribution in [3.63, 3.8) is 0 Å². The van der Waals surface area contributed by atoms with Crippen LogP contribution < -0.4 is 10.9 Å². The van der Waals surface area contributed by atoms with E-state index in [2.05, 4.69) is 10.4 Å². The number of anilines is 1. The number of hydrogen-bond donors (Lipinski definition) is 2. The minimum absolute atomic E-state index is 0.0137. The fraction of sp³-hybridized carbons (Fsp3) is 0.111. The Morgan fingerprint density at radius 2 is 1.73 bits per heavy atom. The average molecular weight is 411 g/mol. The summed E-state index contributed by atoms with van der Waals surface area (Å²) in [5.74, 6) is 0. The summed E-state index contributed by atoms with van der Waals surface area (Å²) in [6.45, 7) is 0.104. The van der Waals surface area contributed by atoms with Crippen LogP contribution in [0.3, 0.4) is 0 Å². The van der Waals surface area contributed by atoms with Crippen molar-refractivity contribution in [2.45, 2.75) is 6.10 Å². The van der Waals surface area contributed by atoms with Crippen LogP contribution >= 0.6 is 34.8 Å². The highest BCUT2D eigenvalue weighted by Gasteiger charge is 2.13. The first-order chi connectivity index (χ1) is 12.5. The maximum absolute atomic E-state index is 12.4. The molecular formula is C18H14Cl3N3O2. The van der Waals surface area contributed by atoms with Crippen molar-refractivity contribution in [2.75, 3.05) is 11.9 Å². The number of aliphatic hydroxyl groups excluding tert-OH is 1. The van der Waals surface area contributed by atoms with Gasteiger partial charge in [0.15, 0.2) is 0 Å². The molecule has 0 aliphatic rings. The molecule has 0 aliphatic heterocycles. The summed E-state index contributed by atoms with van der Waals surface area (Å²) >= 11 is 18.1. The van der Waals surface area contributed by atoms with E-state index in [-0.39, 0.29) is 11.6 Å². The van der Waals surface area contributed by atoms with E-state index in [9.17, 15) is 9.90 Å². The molecule has 1 atom stereocenters. The van der Waals surface area contributed by atoms with E-state index in [1.54, 1.807) is 42.5 Å². The van der Waals surface area contributed by atoms with Gasteiger partial charge in [-0.2, -0.15) is 9.78 Å². The Bertz CT molecular complexity index is 957. The van der Waals surface area contributed by atoms with E-state index >= 15 is 0 Å². The van der Waals surface area contributed by atoms with Crippen molar-refractivity contribution in [3.05, 3.63) is 85.7 Å². The number of para-hydroxylation sites is 1. The van der Waals surface area contributed by atoms with Crippen molar-refractivity contribution < 1.29 is 5.11 Å². The Morgan fingerprint density at radius 1 is 1.08 bits per heavy atom. The molecule has 0 fully saturated rings. The molecule has 1 heterocycles. The second-order valence-corrected chi connectivity index (χ2v) is 6.78. The number of benzene rings is 2. The summed E-state index contributed by atoms with van der Waals surface area (Å²) in [4.78, 5) is 12.4. The van der Waals surface area contributed by atoms with Crippen LogP contribution in [0.2, 0.25) is 15.1 Å². The Hall–Kier alpha value is -2.05. The molecule has 1 aromatic heterocycles. The van der Waals surface area contributed by atoms with Gasteiger partial charge in [0.1, 0.15) is 5.02 Å². The molecule has 5 nitrogen and oxygen atoms in total. The van der Waals surface area contributed by atoms with Crippen LogP contribution in [0.15, 0.2) is 59.5 Å². The van der Waals surface area contributed by atoms with Crippen LogP contribution in [0, 0.1) is 0 Å². The van der Waals surface area contributed by atoms with Gasteiger partial charge in [0.2, 0.25) is 0 Å². The molecule has 134 valence electrons. The molecule has 8 heteroatoms. The number of hydrogen-bond acceptors (Lipinski definition) is 4. The van der Waals surface area contributed by atoms with Gasteiger partial charge in [-0.05, 0) is 35.9 Å². The minimum Gasteiger partial charge on any atom is -0.387 e. The van der Waals surface area contributed by atoms with Gasteiger partial charge >= 0.3 is 0 Å². The van der Waals surface area contributed by atoms with Crippen LogP contribution in [0.5, 0.6) is 0 Å². The highest BCUT2D eigenvalue weighted by molar-refractivity contribution is 6.34. The van der Waals surface area contributed by atoms with Crippen molar-refractivity contribution in [1.29, 1.82) is 0 Å². The van der Waals surface area contributed by atoms with Gasteiger partial charge in [-0.3, -0.25) is 4.79 Å². The van der Waals surface area contributed by atoms with E-state index in [4.69, 9.17) is 34.8 Å². The largest absolute Gasteiger partial charge is 0.387 e.